The van der Waals surface area contributed by atoms with Gasteiger partial charge in [-0.1, -0.05) is 0 Å². The van der Waals surface area contributed by atoms with Crippen LogP contribution >= 0.6 is 0 Å². The first kappa shape index (κ1) is 27.0. The van der Waals surface area contributed by atoms with Crippen LogP contribution in [0, 0.1) is 12.3 Å². The van der Waals surface area contributed by atoms with Gasteiger partial charge in [-0.05, 0) is 50.5 Å². The second kappa shape index (κ2) is 10.4. The molecule has 10 nitrogen and oxygen atoms in total. The number of fused-ring (bicyclic) bond motifs is 3. The van der Waals surface area contributed by atoms with Crippen molar-refractivity contribution in [1.29, 1.82) is 0 Å². The van der Waals surface area contributed by atoms with Crippen molar-refractivity contribution in [2.75, 3.05) is 53.6 Å². The molecule has 2 aromatic heterocycles. The number of carbonyl (C=O) groups is 1. The molecule has 10 heteroatoms. The normalized spacial score (nSPS) is 18.7. The minimum atomic E-state index is -0.391. The smallest absolute Gasteiger partial charge is 0.255 e. The number of likely N-dealkylation sites (tertiary alicyclic amines) is 1. The summed E-state index contributed by atoms with van der Waals surface area (Å²) in [5, 5.41) is 4.19. The lowest BCUT2D eigenvalue weighted by atomic mass is 10.00. The van der Waals surface area contributed by atoms with E-state index in [1.165, 1.54) is 12.8 Å². The van der Waals surface area contributed by atoms with E-state index in [-0.39, 0.29) is 11.3 Å². The first-order valence-electron chi connectivity index (χ1n) is 14.5. The third kappa shape index (κ3) is 4.54. The van der Waals surface area contributed by atoms with Crippen LogP contribution < -0.4 is 19.5 Å². The summed E-state index contributed by atoms with van der Waals surface area (Å²) in [6, 6.07) is 11.0. The summed E-state index contributed by atoms with van der Waals surface area (Å²) in [7, 11) is 3.23. The number of ether oxygens (including phenoxy) is 5. The molecule has 3 aliphatic rings. The van der Waals surface area contributed by atoms with E-state index >= 15 is 0 Å². The van der Waals surface area contributed by atoms with Gasteiger partial charge in [0.1, 0.15) is 22.8 Å². The highest BCUT2D eigenvalue weighted by molar-refractivity contribution is 6.07. The molecule has 2 spiro atoms. The molecule has 1 aliphatic carbocycles. The van der Waals surface area contributed by atoms with E-state index in [1.54, 1.807) is 33.3 Å². The molecule has 7 rings (SSSR count). The molecule has 1 saturated carbocycles. The number of rotatable bonds is 9. The molecular formula is C32H35N3O7. The van der Waals surface area contributed by atoms with Gasteiger partial charge in [0.15, 0.2) is 17.3 Å². The zero-order valence-corrected chi connectivity index (χ0v) is 24.2. The third-order valence-electron chi connectivity index (χ3n) is 8.76. The van der Waals surface area contributed by atoms with Crippen LogP contribution in [0.15, 0.2) is 47.0 Å². The molecule has 4 aromatic rings. The zero-order chi connectivity index (χ0) is 28.9. The van der Waals surface area contributed by atoms with E-state index in [0.29, 0.717) is 59.7 Å². The molecule has 3 fully saturated rings. The predicted molar refractivity (Wildman–Crippen MR) is 156 cm³/mol. The van der Waals surface area contributed by atoms with Crippen molar-refractivity contribution in [1.82, 2.24) is 15.2 Å². The first-order chi connectivity index (χ1) is 20.4. The number of methoxy groups -OCH3 is 1. The maximum absolute atomic E-state index is 12.3. The lowest BCUT2D eigenvalue weighted by Gasteiger charge is -2.28. The Bertz CT molecular complexity index is 1660. The van der Waals surface area contributed by atoms with E-state index in [9.17, 15) is 4.79 Å². The van der Waals surface area contributed by atoms with Gasteiger partial charge in [0, 0.05) is 54.7 Å². The van der Waals surface area contributed by atoms with Crippen LogP contribution in [0.3, 0.4) is 0 Å². The Morgan fingerprint density at radius 1 is 1.05 bits per heavy atom. The third-order valence-corrected chi connectivity index (χ3v) is 8.76. The molecule has 0 atom stereocenters. The highest BCUT2D eigenvalue weighted by atomic mass is 16.7. The fraction of sp³-hybridized carbons (Fsp3) is 0.438. The van der Waals surface area contributed by atoms with Crippen LogP contribution in [0.1, 0.15) is 35.4 Å². The number of carbonyl (C=O) groups excluding carboxylic acids is 1. The summed E-state index contributed by atoms with van der Waals surface area (Å²) in [4.78, 5) is 19.3. The number of pyridine rings is 1. The molecule has 1 N–H and O–H groups in total. The van der Waals surface area contributed by atoms with Crippen LogP contribution in [0.4, 0.5) is 0 Å². The maximum atomic E-state index is 12.3. The topological polar surface area (TPSA) is 105 Å². The SMILES string of the molecule is CNC(=O)c1c(C)oc2cc(Oc3ccnc4cc(OCCCN5CC6(CC6)C6(C5)OCCO6)c(OC)cc34)ccc12. The van der Waals surface area contributed by atoms with Gasteiger partial charge in [0.25, 0.3) is 5.91 Å². The number of aromatic nitrogens is 1. The highest BCUT2D eigenvalue weighted by Crippen LogP contribution is 2.61. The molecular weight excluding hydrogens is 538 g/mol. The van der Waals surface area contributed by atoms with Gasteiger partial charge in [0.05, 0.1) is 44.6 Å². The van der Waals surface area contributed by atoms with Crippen LogP contribution in [0.25, 0.3) is 21.9 Å². The second-order valence-electron chi connectivity index (χ2n) is 11.3. The van der Waals surface area contributed by atoms with Gasteiger partial charge in [0.2, 0.25) is 0 Å². The lowest BCUT2D eigenvalue weighted by Crippen LogP contribution is -2.40. The van der Waals surface area contributed by atoms with Gasteiger partial charge in [-0.15, -0.1) is 0 Å². The minimum Gasteiger partial charge on any atom is -0.493 e. The average Bonchev–Trinajstić information content (AvgIpc) is 3.34. The van der Waals surface area contributed by atoms with E-state index in [0.717, 1.165) is 42.3 Å². The molecule has 0 unspecified atom stereocenters. The van der Waals surface area contributed by atoms with Gasteiger partial charge in [-0.3, -0.25) is 14.7 Å². The van der Waals surface area contributed by atoms with Gasteiger partial charge >= 0.3 is 0 Å². The number of hydrogen-bond donors (Lipinski definition) is 1. The second-order valence-corrected chi connectivity index (χ2v) is 11.3. The van der Waals surface area contributed by atoms with E-state index in [1.807, 2.05) is 30.3 Å². The Morgan fingerprint density at radius 3 is 2.64 bits per heavy atom. The monoisotopic (exact) mass is 573 g/mol. The van der Waals surface area contributed by atoms with Crippen LogP contribution in [0.2, 0.25) is 0 Å². The summed E-state index contributed by atoms with van der Waals surface area (Å²) in [6.45, 7) is 6.50. The quantitative estimate of drug-likeness (QED) is 0.275. The molecule has 2 aliphatic heterocycles. The summed E-state index contributed by atoms with van der Waals surface area (Å²) in [6.07, 6.45) is 4.95. The number of hydrogen-bond acceptors (Lipinski definition) is 9. The Labute approximate surface area is 243 Å². The van der Waals surface area contributed by atoms with Crippen molar-refractivity contribution in [2.24, 2.45) is 5.41 Å². The summed E-state index contributed by atoms with van der Waals surface area (Å²) < 4.78 is 36.2. The molecule has 1 amide bonds. The molecule has 0 bridgehead atoms. The fourth-order valence-electron chi connectivity index (χ4n) is 6.52. The molecule has 2 saturated heterocycles. The maximum Gasteiger partial charge on any atom is 0.255 e. The van der Waals surface area contributed by atoms with Crippen molar-refractivity contribution in [3.05, 3.63) is 53.9 Å². The Kier molecular flexibility index (Phi) is 6.72. The summed E-state index contributed by atoms with van der Waals surface area (Å²) >= 11 is 0. The molecule has 2 aromatic carbocycles. The summed E-state index contributed by atoms with van der Waals surface area (Å²) in [5.74, 6) is 2.43. The van der Waals surface area contributed by atoms with Crippen molar-refractivity contribution in [2.45, 2.75) is 32.0 Å². The van der Waals surface area contributed by atoms with Crippen LogP contribution in [-0.2, 0) is 9.47 Å². The highest BCUT2D eigenvalue weighted by Gasteiger charge is 2.67. The number of nitrogens with zero attached hydrogens (tertiary/aromatic N) is 2. The number of furan rings is 1. The Balaban J connectivity index is 1.04. The zero-order valence-electron chi connectivity index (χ0n) is 24.2. The van der Waals surface area contributed by atoms with E-state index < -0.39 is 5.79 Å². The van der Waals surface area contributed by atoms with Crippen molar-refractivity contribution in [3.63, 3.8) is 0 Å². The van der Waals surface area contributed by atoms with Gasteiger partial charge in [-0.25, -0.2) is 0 Å². The van der Waals surface area contributed by atoms with Gasteiger partial charge in [-0.2, -0.15) is 0 Å². The molecule has 220 valence electrons. The first-order valence-corrected chi connectivity index (χ1v) is 14.5. The summed E-state index contributed by atoms with van der Waals surface area (Å²) in [5.41, 5.74) is 2.02. The number of amides is 1. The average molecular weight is 574 g/mol. The number of benzene rings is 2. The standard InChI is InChI=1S/C32H35N3O7/c1-20-29(30(36)33-2)22-6-5-21(15-26(22)41-20)42-25-7-10-34-24-17-28(27(37-3)16-23(24)25)38-12-4-11-35-18-31(8-9-31)32(19-35)39-13-14-40-32/h5-7,10,15-17H,4,8-9,11-14,18-19H2,1-3H3,(H,33,36). The van der Waals surface area contributed by atoms with E-state index in [4.69, 9.17) is 28.1 Å². The van der Waals surface area contributed by atoms with Crippen molar-refractivity contribution < 1.29 is 32.9 Å². The molecule has 4 heterocycles. The molecule has 0 radical (unpaired) electrons. The van der Waals surface area contributed by atoms with Crippen molar-refractivity contribution >= 4 is 27.8 Å². The molecule has 42 heavy (non-hydrogen) atoms. The predicted octanol–water partition coefficient (Wildman–Crippen LogP) is 5.06. The fourth-order valence-corrected chi connectivity index (χ4v) is 6.52. The van der Waals surface area contributed by atoms with Crippen LogP contribution in [-0.4, -0.2) is 75.2 Å². The Hall–Kier alpha value is -3.86. The van der Waals surface area contributed by atoms with Crippen LogP contribution in [0.5, 0.6) is 23.0 Å². The number of aryl methyl sites for hydroxylation is 1. The Morgan fingerprint density at radius 2 is 1.88 bits per heavy atom. The minimum absolute atomic E-state index is 0.186. The van der Waals surface area contributed by atoms with E-state index in [2.05, 4.69) is 15.2 Å². The van der Waals surface area contributed by atoms with Crippen molar-refractivity contribution in [3.8, 4) is 23.0 Å². The number of nitrogens with one attached hydrogen (secondary N) is 1. The lowest BCUT2D eigenvalue weighted by molar-refractivity contribution is -0.182. The largest absolute Gasteiger partial charge is 0.493 e. The van der Waals surface area contributed by atoms with Gasteiger partial charge < -0.3 is 33.4 Å².